The second kappa shape index (κ2) is 8.70. The molecule has 0 aromatic heterocycles. The Bertz CT molecular complexity index is 1140. The molecule has 0 radical (unpaired) electrons. The van der Waals surface area contributed by atoms with Gasteiger partial charge < -0.3 is 0 Å². The summed E-state index contributed by atoms with van der Waals surface area (Å²) < 4.78 is 70.3. The zero-order valence-corrected chi connectivity index (χ0v) is 17.9. The number of hydrogen-bond donors (Lipinski definition) is 0. The van der Waals surface area contributed by atoms with Gasteiger partial charge in [0.05, 0.1) is 0 Å². The van der Waals surface area contributed by atoms with Crippen LogP contribution >= 0.6 is 20.2 Å². The molecule has 0 amide bonds. The first kappa shape index (κ1) is 22.2. The first-order valence-electron chi connectivity index (χ1n) is 8.20. The van der Waals surface area contributed by atoms with Gasteiger partial charge in [-0.1, -0.05) is 0 Å². The third-order valence-corrected chi connectivity index (χ3v) is 11.1. The Balaban J connectivity index is 1.97. The van der Waals surface area contributed by atoms with Crippen LogP contribution in [0.5, 0.6) is 0 Å². The maximum absolute atomic E-state index is 12.8. The Labute approximate surface area is 177 Å². The first-order chi connectivity index (χ1) is 14.1. The van der Waals surface area contributed by atoms with Crippen LogP contribution in [0.15, 0.2) is 83.8 Å². The molecular weight excluding hydrogens is 538 g/mol. The topological polar surface area (TPSA) is 86.5 Å². The van der Waals surface area contributed by atoms with Crippen LogP contribution in [0.25, 0.3) is 0 Å². The molecule has 6 nitrogen and oxygen atoms in total. The van der Waals surface area contributed by atoms with Gasteiger partial charge in [0, 0.05) is 0 Å². The van der Waals surface area contributed by atoms with Crippen molar-refractivity contribution >= 4 is 36.0 Å². The van der Waals surface area contributed by atoms with Crippen molar-refractivity contribution in [1.82, 2.24) is 0 Å². The summed E-state index contributed by atoms with van der Waals surface area (Å²) in [4.78, 5) is 9.89. The van der Waals surface area contributed by atoms with E-state index < -0.39 is 51.9 Å². The number of halogens is 4. The van der Waals surface area contributed by atoms with E-state index in [0.717, 1.165) is 12.1 Å². The van der Waals surface area contributed by atoms with E-state index in [0.29, 0.717) is 19.3 Å². The minimum atomic E-state index is -4.59. The molecule has 0 unspecified atom stereocenters. The molecule has 0 spiro atoms. The van der Waals surface area contributed by atoms with Gasteiger partial charge in [-0.2, -0.15) is 0 Å². The molecule has 0 bridgehead atoms. The van der Waals surface area contributed by atoms with E-state index in [4.69, 9.17) is 2.51 Å². The Kier molecular flexibility index (Phi) is 6.43. The van der Waals surface area contributed by atoms with Crippen LogP contribution in [0.3, 0.4) is 0 Å². The van der Waals surface area contributed by atoms with E-state index in [1.165, 1.54) is 24.3 Å². The molecule has 3 aromatic rings. The van der Waals surface area contributed by atoms with Crippen molar-refractivity contribution in [3.8, 4) is 0 Å². The van der Waals surface area contributed by atoms with Gasteiger partial charge in [-0.3, -0.25) is 0 Å². The fourth-order valence-electron chi connectivity index (χ4n) is 2.33. The summed E-state index contributed by atoms with van der Waals surface area (Å²) in [6.45, 7) is 0. The van der Waals surface area contributed by atoms with Gasteiger partial charge >= 0.3 is 178 Å². The Hall–Kier alpha value is -2.51. The van der Waals surface area contributed by atoms with Gasteiger partial charge in [0.2, 0.25) is 0 Å². The quantitative estimate of drug-likeness (QED) is 0.230. The van der Waals surface area contributed by atoms with Gasteiger partial charge in [-0.05, 0) is 0 Å². The van der Waals surface area contributed by atoms with E-state index in [1.807, 2.05) is 0 Å². The van der Waals surface area contributed by atoms with Crippen molar-refractivity contribution in [2.45, 2.75) is 11.1 Å². The normalized spacial score (nSPS) is 12.4. The molecular formula is C19H13F3INO5S. The predicted molar refractivity (Wildman–Crippen MR) is 111 cm³/mol. The number of hydrogen-bond acceptors (Lipinski definition) is 5. The summed E-state index contributed by atoms with van der Waals surface area (Å²) in [5, 5.41) is 10.9. The molecule has 0 fully saturated rings. The molecule has 0 N–H and O–H groups in total. The summed E-state index contributed by atoms with van der Waals surface area (Å²) in [6.07, 6.45) is -4.59. The van der Waals surface area contributed by atoms with E-state index in [1.54, 1.807) is 30.3 Å². The Morgan fingerprint density at radius 2 is 1.37 bits per heavy atom. The fourth-order valence-corrected chi connectivity index (χ4v) is 9.28. The molecule has 0 saturated carbocycles. The molecule has 11 heteroatoms. The fraction of sp³-hybridized carbons (Fsp3) is 0.0526. The number of rotatable bonds is 6. The minimum absolute atomic E-state index is 0.159. The van der Waals surface area contributed by atoms with Crippen molar-refractivity contribution in [2.75, 3.05) is 0 Å². The van der Waals surface area contributed by atoms with E-state index in [-0.39, 0.29) is 5.69 Å². The summed E-state index contributed by atoms with van der Waals surface area (Å²) in [6, 6.07) is 16.8. The molecule has 30 heavy (non-hydrogen) atoms. The average molecular weight is 551 g/mol. The maximum atomic E-state index is 12.8. The summed E-state index contributed by atoms with van der Waals surface area (Å²) in [7, 11) is -4.38. The average Bonchev–Trinajstić information content (AvgIpc) is 2.72. The Morgan fingerprint density at radius 1 is 0.833 bits per heavy atom. The number of non-ortho nitro benzene ring substituents is 1. The van der Waals surface area contributed by atoms with E-state index in [9.17, 15) is 31.7 Å². The molecule has 0 saturated heterocycles. The predicted octanol–water partition coefficient (Wildman–Crippen LogP) is 5.48. The van der Waals surface area contributed by atoms with Crippen LogP contribution in [0.4, 0.5) is 18.9 Å². The van der Waals surface area contributed by atoms with Crippen molar-refractivity contribution < 1.29 is 29.0 Å². The summed E-state index contributed by atoms with van der Waals surface area (Å²) >= 11 is -3.10. The zero-order chi connectivity index (χ0) is 21.9. The third kappa shape index (κ3) is 5.15. The second-order valence-electron chi connectivity index (χ2n) is 5.82. The SMILES string of the molecule is O=[N+]([O-])c1ccc(I(OS(=O)(=O)c2ccc(C(F)(F)F)cc2)c2ccccc2)cc1. The molecule has 3 aromatic carbocycles. The number of nitro groups is 1. The third-order valence-electron chi connectivity index (χ3n) is 3.78. The first-order valence-corrected chi connectivity index (χ1v) is 12.6. The Morgan fingerprint density at radius 3 is 1.87 bits per heavy atom. The van der Waals surface area contributed by atoms with Gasteiger partial charge in [0.25, 0.3) is 0 Å². The number of nitro benzene ring substituents is 1. The molecule has 158 valence electrons. The zero-order valence-electron chi connectivity index (χ0n) is 14.9. The second-order valence-corrected chi connectivity index (χ2v) is 12.3. The summed E-state index contributed by atoms with van der Waals surface area (Å²) in [5.41, 5.74) is -1.14. The van der Waals surface area contributed by atoms with Gasteiger partial charge in [-0.25, -0.2) is 0 Å². The molecule has 3 rings (SSSR count). The van der Waals surface area contributed by atoms with E-state index in [2.05, 4.69) is 0 Å². The van der Waals surface area contributed by atoms with E-state index >= 15 is 0 Å². The van der Waals surface area contributed by atoms with Gasteiger partial charge in [-0.15, -0.1) is 0 Å². The van der Waals surface area contributed by atoms with Gasteiger partial charge in [0.1, 0.15) is 0 Å². The van der Waals surface area contributed by atoms with Crippen LogP contribution in [0.1, 0.15) is 5.56 Å². The molecule has 0 atom stereocenters. The summed E-state index contributed by atoms with van der Waals surface area (Å²) in [5.74, 6) is 0. The van der Waals surface area contributed by atoms with Crippen LogP contribution in [-0.2, 0) is 18.8 Å². The number of benzene rings is 3. The van der Waals surface area contributed by atoms with Crippen LogP contribution in [0.2, 0.25) is 0 Å². The van der Waals surface area contributed by atoms with Gasteiger partial charge in [0.15, 0.2) is 0 Å². The standard InChI is InChI=1S/C19H13F3INO5S/c20-19(21,22)14-6-12-18(13-7-14)30(27,28)29-23(15-4-2-1-3-5-15)16-8-10-17(11-9-16)24(25)26/h1-13H. The molecule has 0 aliphatic heterocycles. The van der Waals surface area contributed by atoms with Crippen LogP contribution < -0.4 is 0 Å². The van der Waals surface area contributed by atoms with Crippen molar-refractivity contribution in [1.29, 1.82) is 0 Å². The van der Waals surface area contributed by atoms with Crippen molar-refractivity contribution in [3.63, 3.8) is 0 Å². The van der Waals surface area contributed by atoms with Crippen molar-refractivity contribution in [2.24, 2.45) is 0 Å². The van der Waals surface area contributed by atoms with Crippen LogP contribution in [-0.4, -0.2) is 13.3 Å². The monoisotopic (exact) mass is 551 g/mol. The van der Waals surface area contributed by atoms with Crippen LogP contribution in [0, 0.1) is 17.3 Å². The molecule has 0 aliphatic carbocycles. The number of alkyl halides is 3. The molecule has 0 aliphatic rings. The molecule has 0 heterocycles. The van der Waals surface area contributed by atoms with Crippen molar-refractivity contribution in [3.05, 3.63) is 102 Å². The number of nitrogens with zero attached hydrogens (tertiary/aromatic N) is 1.